The zero-order chi connectivity index (χ0) is 24.5. The molecular formula is C26H27N3O6. The zero-order valence-corrected chi connectivity index (χ0v) is 19.4. The lowest BCUT2D eigenvalue weighted by Crippen LogP contribution is -2.47. The van der Waals surface area contributed by atoms with E-state index in [2.05, 4.69) is 15.5 Å². The number of amides is 2. The third-order valence-electron chi connectivity index (χ3n) is 6.62. The molecule has 0 radical (unpaired) electrons. The smallest absolute Gasteiger partial charge is 0.349 e. The number of rotatable bonds is 6. The van der Waals surface area contributed by atoms with Gasteiger partial charge in [0.2, 0.25) is 5.91 Å². The van der Waals surface area contributed by atoms with Crippen molar-refractivity contribution in [3.05, 3.63) is 63.5 Å². The highest BCUT2D eigenvalue weighted by Crippen LogP contribution is 2.39. The second-order valence-corrected chi connectivity index (χ2v) is 8.85. The highest BCUT2D eigenvalue weighted by molar-refractivity contribution is 6.02. The molecule has 0 aliphatic carbocycles. The maximum absolute atomic E-state index is 12.9. The van der Waals surface area contributed by atoms with Crippen LogP contribution in [0, 0.1) is 0 Å². The first-order chi connectivity index (χ1) is 17.0. The predicted molar refractivity (Wildman–Crippen MR) is 131 cm³/mol. The minimum Gasteiger partial charge on any atom is -0.497 e. The van der Waals surface area contributed by atoms with Gasteiger partial charge in [-0.3, -0.25) is 9.59 Å². The van der Waals surface area contributed by atoms with Crippen LogP contribution in [-0.4, -0.2) is 49.8 Å². The van der Waals surface area contributed by atoms with E-state index in [1.54, 1.807) is 24.3 Å². The number of methoxy groups -OCH3 is 1. The topological polar surface area (TPSA) is 121 Å². The van der Waals surface area contributed by atoms with E-state index in [1.165, 1.54) is 24.4 Å². The Bertz CT molecular complexity index is 1350. The Morgan fingerprint density at radius 3 is 2.60 bits per heavy atom. The van der Waals surface area contributed by atoms with Crippen LogP contribution in [0.1, 0.15) is 34.3 Å². The van der Waals surface area contributed by atoms with Gasteiger partial charge >= 0.3 is 5.63 Å². The number of hydrogen-bond acceptors (Lipinski definition) is 7. The number of nitrogens with one attached hydrogen (secondary N) is 2. The number of nitrogens with zero attached hydrogens (tertiary/aromatic N) is 1. The standard InChI is InChI=1S/C26H27N3O6/c1-34-18-8-6-17(7-9-18)27-25(32)21(14-30)28-24(31)20-13-16-12-15-4-2-10-29-11-3-5-19(22(15)29)23(16)35-26(20)33/h6-9,12-13,21,30H,2-5,10-11,14H2,1H3,(H,27,32)(H,28,31)/t21-/m0/s1. The summed E-state index contributed by atoms with van der Waals surface area (Å²) >= 11 is 0. The molecule has 0 unspecified atom stereocenters. The van der Waals surface area contributed by atoms with Crippen molar-refractivity contribution < 1.29 is 23.8 Å². The molecule has 0 saturated heterocycles. The summed E-state index contributed by atoms with van der Waals surface area (Å²) in [6, 6.07) is 8.89. The number of hydrogen-bond donors (Lipinski definition) is 3. The van der Waals surface area contributed by atoms with Crippen molar-refractivity contribution in [2.45, 2.75) is 31.7 Å². The van der Waals surface area contributed by atoms with Crippen molar-refractivity contribution in [1.29, 1.82) is 0 Å². The number of aliphatic hydroxyl groups excluding tert-OH is 1. The van der Waals surface area contributed by atoms with E-state index in [0.29, 0.717) is 22.4 Å². The van der Waals surface area contributed by atoms with Gasteiger partial charge in [0.25, 0.3) is 5.91 Å². The summed E-state index contributed by atoms with van der Waals surface area (Å²) in [5.41, 5.74) is 3.42. The molecule has 0 fully saturated rings. The van der Waals surface area contributed by atoms with E-state index in [-0.39, 0.29) is 5.56 Å². The Morgan fingerprint density at radius 1 is 1.14 bits per heavy atom. The van der Waals surface area contributed by atoms with E-state index in [4.69, 9.17) is 9.15 Å². The normalized spacial score (nSPS) is 15.3. The average Bonchev–Trinajstić information content (AvgIpc) is 2.88. The van der Waals surface area contributed by atoms with E-state index in [1.807, 2.05) is 6.07 Å². The van der Waals surface area contributed by atoms with Crippen molar-refractivity contribution in [3.8, 4) is 5.75 Å². The summed E-state index contributed by atoms with van der Waals surface area (Å²) in [6.07, 6.45) is 3.80. The Hall–Kier alpha value is -3.85. The lowest BCUT2D eigenvalue weighted by molar-refractivity contribution is -0.118. The Morgan fingerprint density at radius 2 is 1.89 bits per heavy atom. The summed E-state index contributed by atoms with van der Waals surface area (Å²) in [5, 5.41) is 15.5. The van der Waals surface area contributed by atoms with Crippen LogP contribution in [0.15, 0.2) is 45.6 Å². The number of carbonyl (C=O) groups excluding carboxylic acids is 2. The van der Waals surface area contributed by atoms with Gasteiger partial charge in [-0.1, -0.05) is 0 Å². The van der Waals surface area contributed by atoms with E-state index >= 15 is 0 Å². The molecule has 0 bridgehead atoms. The average molecular weight is 478 g/mol. The predicted octanol–water partition coefficient (Wildman–Crippen LogP) is 2.23. The Kier molecular flexibility index (Phi) is 6.17. The number of carbonyl (C=O) groups is 2. The van der Waals surface area contributed by atoms with E-state index < -0.39 is 30.1 Å². The molecule has 1 aromatic heterocycles. The van der Waals surface area contributed by atoms with Crippen LogP contribution in [-0.2, 0) is 17.6 Å². The first-order valence-electron chi connectivity index (χ1n) is 11.7. The number of fused-ring (bicyclic) bond motifs is 2. The molecule has 0 spiro atoms. The van der Waals surface area contributed by atoms with Crippen molar-refractivity contribution in [3.63, 3.8) is 0 Å². The number of ether oxygens (including phenoxy) is 1. The van der Waals surface area contributed by atoms with Gasteiger partial charge in [0.1, 0.15) is 22.9 Å². The van der Waals surface area contributed by atoms with Crippen LogP contribution in [0.2, 0.25) is 0 Å². The summed E-state index contributed by atoms with van der Waals surface area (Å²) in [6.45, 7) is 1.36. The molecule has 3 N–H and O–H groups in total. The number of aryl methyl sites for hydroxylation is 2. The van der Waals surface area contributed by atoms with Crippen LogP contribution in [0.5, 0.6) is 5.75 Å². The maximum atomic E-state index is 12.9. The molecule has 182 valence electrons. The minimum atomic E-state index is -1.25. The van der Waals surface area contributed by atoms with Crippen LogP contribution in [0.25, 0.3) is 11.0 Å². The molecule has 5 rings (SSSR count). The fourth-order valence-corrected chi connectivity index (χ4v) is 4.94. The summed E-state index contributed by atoms with van der Waals surface area (Å²) in [4.78, 5) is 40.7. The van der Waals surface area contributed by atoms with Gasteiger partial charge in [-0.25, -0.2) is 4.79 Å². The van der Waals surface area contributed by atoms with Gasteiger partial charge in [0.05, 0.1) is 13.7 Å². The number of benzene rings is 2. The molecule has 9 heteroatoms. The van der Waals surface area contributed by atoms with Crippen molar-refractivity contribution in [2.75, 3.05) is 37.0 Å². The lowest BCUT2D eigenvalue weighted by Gasteiger charge is -2.37. The third kappa shape index (κ3) is 4.35. The Labute approximate surface area is 201 Å². The molecular weight excluding hydrogens is 450 g/mol. The first-order valence-corrected chi connectivity index (χ1v) is 11.7. The highest BCUT2D eigenvalue weighted by Gasteiger charge is 2.28. The quantitative estimate of drug-likeness (QED) is 0.466. The van der Waals surface area contributed by atoms with Crippen LogP contribution in [0.4, 0.5) is 11.4 Å². The Balaban J connectivity index is 1.39. The van der Waals surface area contributed by atoms with Gasteiger partial charge in [-0.2, -0.15) is 0 Å². The van der Waals surface area contributed by atoms with Gasteiger partial charge in [0.15, 0.2) is 0 Å². The molecule has 0 saturated carbocycles. The van der Waals surface area contributed by atoms with Crippen molar-refractivity contribution >= 4 is 34.2 Å². The largest absolute Gasteiger partial charge is 0.497 e. The van der Waals surface area contributed by atoms with Crippen LogP contribution in [0.3, 0.4) is 0 Å². The fraction of sp³-hybridized carbons (Fsp3) is 0.346. The molecule has 3 heterocycles. The summed E-state index contributed by atoms with van der Waals surface area (Å²) in [7, 11) is 1.54. The molecule has 35 heavy (non-hydrogen) atoms. The van der Waals surface area contributed by atoms with Gasteiger partial charge in [-0.05, 0) is 67.6 Å². The van der Waals surface area contributed by atoms with Gasteiger partial charge in [-0.15, -0.1) is 0 Å². The zero-order valence-electron chi connectivity index (χ0n) is 19.4. The van der Waals surface area contributed by atoms with E-state index in [0.717, 1.165) is 44.3 Å². The van der Waals surface area contributed by atoms with E-state index in [9.17, 15) is 19.5 Å². The molecule has 1 atom stereocenters. The number of anilines is 2. The molecule has 2 amide bonds. The molecule has 9 nitrogen and oxygen atoms in total. The van der Waals surface area contributed by atoms with Crippen LogP contribution >= 0.6 is 0 Å². The highest BCUT2D eigenvalue weighted by atomic mass is 16.5. The molecule has 2 aromatic carbocycles. The first kappa shape index (κ1) is 22.9. The molecule has 2 aliphatic heterocycles. The molecule has 3 aromatic rings. The second-order valence-electron chi connectivity index (χ2n) is 8.85. The van der Waals surface area contributed by atoms with Gasteiger partial charge < -0.3 is 29.8 Å². The lowest BCUT2D eigenvalue weighted by atomic mass is 9.90. The summed E-state index contributed by atoms with van der Waals surface area (Å²) in [5.74, 6) is -0.770. The molecule has 2 aliphatic rings. The van der Waals surface area contributed by atoms with Crippen molar-refractivity contribution in [1.82, 2.24) is 5.32 Å². The fourth-order valence-electron chi connectivity index (χ4n) is 4.94. The second kappa shape index (κ2) is 9.42. The number of aliphatic hydroxyl groups is 1. The van der Waals surface area contributed by atoms with Crippen molar-refractivity contribution in [2.24, 2.45) is 0 Å². The summed E-state index contributed by atoms with van der Waals surface area (Å²) < 4.78 is 10.7. The monoisotopic (exact) mass is 477 g/mol. The third-order valence-corrected chi connectivity index (χ3v) is 6.62. The maximum Gasteiger partial charge on any atom is 0.349 e. The van der Waals surface area contributed by atoms with Crippen LogP contribution < -0.4 is 25.9 Å². The minimum absolute atomic E-state index is 0.205. The SMILES string of the molecule is COc1ccc(NC(=O)[C@H](CO)NC(=O)c2cc3cc4c5c(c3oc2=O)CCCN5CCC4)cc1. The van der Waals surface area contributed by atoms with Gasteiger partial charge in [0, 0.05) is 35.4 Å².